The summed E-state index contributed by atoms with van der Waals surface area (Å²) in [4.78, 5) is 25.0. The van der Waals surface area contributed by atoms with Crippen molar-refractivity contribution in [1.82, 2.24) is 4.90 Å². The minimum Gasteiger partial charge on any atom is -0.462 e. The summed E-state index contributed by atoms with van der Waals surface area (Å²) in [7, 11) is 1.45. The van der Waals surface area contributed by atoms with Crippen molar-refractivity contribution in [2.24, 2.45) is 0 Å². The third-order valence-corrected chi connectivity index (χ3v) is 3.10. The third-order valence-electron chi connectivity index (χ3n) is 3.10. The van der Waals surface area contributed by atoms with Crippen LogP contribution >= 0.6 is 0 Å². The molecule has 0 aliphatic carbocycles. The fourth-order valence-electron chi connectivity index (χ4n) is 2.13. The maximum Gasteiger partial charge on any atom is 0.360 e. The van der Waals surface area contributed by atoms with E-state index in [1.54, 1.807) is 0 Å². The molecule has 5 nitrogen and oxygen atoms in total. The van der Waals surface area contributed by atoms with Gasteiger partial charge in [-0.15, -0.1) is 0 Å². The van der Waals surface area contributed by atoms with Crippen molar-refractivity contribution in [3.05, 3.63) is 0 Å². The normalized spacial score (nSPS) is 23.8. The van der Waals surface area contributed by atoms with Gasteiger partial charge in [-0.3, -0.25) is 4.79 Å². The Bertz CT molecular complexity index is 292. The Kier molecular flexibility index (Phi) is 4.93. The number of rotatable bonds is 5. The predicted molar refractivity (Wildman–Crippen MR) is 62.2 cm³/mol. The van der Waals surface area contributed by atoms with Crippen LogP contribution in [-0.4, -0.2) is 42.8 Å². The molecule has 1 fully saturated rings. The fourth-order valence-corrected chi connectivity index (χ4v) is 2.13. The van der Waals surface area contributed by atoms with Gasteiger partial charge in [0.05, 0.1) is 6.61 Å². The highest BCUT2D eigenvalue weighted by Crippen LogP contribution is 2.31. The highest BCUT2D eigenvalue weighted by atomic mass is 16.6. The van der Waals surface area contributed by atoms with Gasteiger partial charge in [-0.1, -0.05) is 13.3 Å². The first-order valence-electron chi connectivity index (χ1n) is 6.09. The molecule has 0 aromatic carbocycles. The molecule has 0 N–H and O–H groups in total. The third kappa shape index (κ3) is 2.77. The van der Waals surface area contributed by atoms with Crippen LogP contribution in [0.3, 0.4) is 0 Å². The van der Waals surface area contributed by atoms with Gasteiger partial charge < -0.3 is 14.4 Å². The number of methoxy groups -OCH3 is 1. The number of hydrogen-bond donors (Lipinski definition) is 0. The zero-order chi connectivity index (χ0) is 12.9. The Hall–Kier alpha value is -1.10. The van der Waals surface area contributed by atoms with Crippen LogP contribution in [-0.2, 0) is 19.1 Å². The average Bonchev–Trinajstić information content (AvgIpc) is 2.74. The molecule has 1 rings (SSSR count). The van der Waals surface area contributed by atoms with Gasteiger partial charge in [0.2, 0.25) is 11.6 Å². The number of carbonyl (C=O) groups is 2. The molecule has 0 saturated carbocycles. The molecule has 1 atom stereocenters. The largest absolute Gasteiger partial charge is 0.462 e. The molecule has 1 aliphatic heterocycles. The Morgan fingerprint density at radius 1 is 1.41 bits per heavy atom. The maximum absolute atomic E-state index is 12.0. The van der Waals surface area contributed by atoms with Gasteiger partial charge in [-0.05, 0) is 12.8 Å². The van der Waals surface area contributed by atoms with E-state index in [1.165, 1.54) is 18.9 Å². The molecule has 1 aliphatic rings. The highest BCUT2D eigenvalue weighted by Gasteiger charge is 2.50. The number of esters is 1. The second-order valence-corrected chi connectivity index (χ2v) is 4.25. The number of unbranched alkanes of at least 4 members (excludes halogenated alkanes) is 1. The van der Waals surface area contributed by atoms with E-state index >= 15 is 0 Å². The summed E-state index contributed by atoms with van der Waals surface area (Å²) in [6.07, 6.45) is 3.06. The van der Waals surface area contributed by atoms with Gasteiger partial charge >= 0.3 is 5.97 Å². The van der Waals surface area contributed by atoms with Crippen molar-refractivity contribution in [2.75, 3.05) is 20.3 Å². The zero-order valence-corrected chi connectivity index (χ0v) is 10.8. The summed E-state index contributed by atoms with van der Waals surface area (Å²) in [5.74, 6) is -0.599. The van der Waals surface area contributed by atoms with E-state index in [0.29, 0.717) is 19.6 Å². The van der Waals surface area contributed by atoms with Gasteiger partial charge in [-0.25, -0.2) is 4.79 Å². The van der Waals surface area contributed by atoms with Crippen LogP contribution in [0.4, 0.5) is 0 Å². The van der Waals surface area contributed by atoms with Crippen LogP contribution in [0.15, 0.2) is 0 Å². The van der Waals surface area contributed by atoms with Crippen LogP contribution in [0.25, 0.3) is 0 Å². The lowest BCUT2D eigenvalue weighted by Gasteiger charge is -2.33. The first kappa shape index (κ1) is 14.0. The van der Waals surface area contributed by atoms with Gasteiger partial charge in [0, 0.05) is 27.0 Å². The number of ether oxygens (including phenoxy) is 2. The van der Waals surface area contributed by atoms with Crippen LogP contribution in [0.5, 0.6) is 0 Å². The molecule has 0 spiro atoms. The monoisotopic (exact) mass is 243 g/mol. The summed E-state index contributed by atoms with van der Waals surface area (Å²) in [5.41, 5.74) is -1.19. The van der Waals surface area contributed by atoms with E-state index in [4.69, 9.17) is 9.47 Å². The second kappa shape index (κ2) is 6.00. The van der Waals surface area contributed by atoms with Gasteiger partial charge in [-0.2, -0.15) is 0 Å². The molecule has 0 unspecified atom stereocenters. The number of likely N-dealkylation sites (tertiary alicyclic amines) is 1. The van der Waals surface area contributed by atoms with Crippen molar-refractivity contribution in [3.8, 4) is 0 Å². The van der Waals surface area contributed by atoms with Gasteiger partial charge in [0.15, 0.2) is 0 Å². The SMILES string of the molecule is CCCCOC(=O)[C@]1(OC)CCCN1C(C)=O. The molecule has 0 radical (unpaired) electrons. The lowest BCUT2D eigenvalue weighted by Crippen LogP contribution is -2.54. The number of hydrogen-bond acceptors (Lipinski definition) is 4. The standard InChI is InChI=1S/C12H21NO4/c1-4-5-9-17-11(15)12(16-3)7-6-8-13(12)10(2)14/h4-9H2,1-3H3/t12-/m1/s1. The Morgan fingerprint density at radius 3 is 2.65 bits per heavy atom. The zero-order valence-electron chi connectivity index (χ0n) is 10.8. The number of amides is 1. The molecule has 0 bridgehead atoms. The first-order chi connectivity index (χ1) is 8.08. The van der Waals surface area contributed by atoms with E-state index < -0.39 is 11.7 Å². The van der Waals surface area contributed by atoms with Crippen molar-refractivity contribution >= 4 is 11.9 Å². The molecule has 0 aromatic rings. The average molecular weight is 243 g/mol. The van der Waals surface area contributed by atoms with Gasteiger partial charge in [0.25, 0.3) is 0 Å². The van der Waals surface area contributed by atoms with E-state index in [-0.39, 0.29) is 5.91 Å². The van der Waals surface area contributed by atoms with Crippen molar-refractivity contribution < 1.29 is 19.1 Å². The summed E-state index contributed by atoms with van der Waals surface area (Å²) in [6, 6.07) is 0. The molecule has 1 saturated heterocycles. The van der Waals surface area contributed by atoms with Crippen LogP contribution < -0.4 is 0 Å². The van der Waals surface area contributed by atoms with Crippen LogP contribution in [0.1, 0.15) is 39.5 Å². The smallest absolute Gasteiger partial charge is 0.360 e. The molecular formula is C12H21NO4. The summed E-state index contributed by atoms with van der Waals surface area (Å²) >= 11 is 0. The van der Waals surface area contributed by atoms with E-state index in [9.17, 15) is 9.59 Å². The molecule has 1 amide bonds. The second-order valence-electron chi connectivity index (χ2n) is 4.25. The first-order valence-corrected chi connectivity index (χ1v) is 6.09. The molecule has 98 valence electrons. The van der Waals surface area contributed by atoms with Crippen LogP contribution in [0.2, 0.25) is 0 Å². The minimum atomic E-state index is -1.19. The van der Waals surface area contributed by atoms with Crippen LogP contribution in [0, 0.1) is 0 Å². The summed E-state index contributed by atoms with van der Waals surface area (Å²) in [5, 5.41) is 0. The highest BCUT2D eigenvalue weighted by molar-refractivity contribution is 5.86. The van der Waals surface area contributed by atoms with Crippen molar-refractivity contribution in [2.45, 2.75) is 45.3 Å². The molecule has 5 heteroatoms. The number of nitrogens with zero attached hydrogens (tertiary/aromatic N) is 1. The van der Waals surface area contributed by atoms with Crippen molar-refractivity contribution in [1.29, 1.82) is 0 Å². The molecule has 17 heavy (non-hydrogen) atoms. The Morgan fingerprint density at radius 2 is 2.12 bits per heavy atom. The maximum atomic E-state index is 12.0. The van der Waals surface area contributed by atoms with E-state index in [0.717, 1.165) is 19.3 Å². The molecule has 1 heterocycles. The molecular weight excluding hydrogens is 222 g/mol. The summed E-state index contributed by atoms with van der Waals surface area (Å²) < 4.78 is 10.5. The quantitative estimate of drug-likeness (QED) is 0.539. The summed E-state index contributed by atoms with van der Waals surface area (Å²) in [6.45, 7) is 4.40. The predicted octanol–water partition coefficient (Wildman–Crippen LogP) is 1.31. The van der Waals surface area contributed by atoms with E-state index in [1.807, 2.05) is 6.92 Å². The molecule has 0 aromatic heterocycles. The van der Waals surface area contributed by atoms with E-state index in [2.05, 4.69) is 0 Å². The number of carbonyl (C=O) groups excluding carboxylic acids is 2. The van der Waals surface area contributed by atoms with Gasteiger partial charge in [0.1, 0.15) is 0 Å². The minimum absolute atomic E-state index is 0.156. The lowest BCUT2D eigenvalue weighted by molar-refractivity contribution is -0.193. The topological polar surface area (TPSA) is 55.8 Å². The fraction of sp³-hybridized carbons (Fsp3) is 0.833. The Balaban J connectivity index is 2.73. The lowest BCUT2D eigenvalue weighted by atomic mass is 10.1. The van der Waals surface area contributed by atoms with Crippen molar-refractivity contribution in [3.63, 3.8) is 0 Å². The Labute approximate surface area is 102 Å².